The number of carbonyl (C=O) groups excluding carboxylic acids is 3. The molecule has 2 aliphatic rings. The monoisotopic (exact) mass is 499 g/mol. The van der Waals surface area contributed by atoms with E-state index in [4.69, 9.17) is 14.2 Å². The average molecular weight is 500 g/mol. The molecular formula is C29H25NO7. The molecule has 188 valence electrons. The Hall–Kier alpha value is -4.59. The molecule has 8 heteroatoms. The summed E-state index contributed by atoms with van der Waals surface area (Å²) >= 11 is 0. The predicted octanol–water partition coefficient (Wildman–Crippen LogP) is 4.65. The Morgan fingerprint density at radius 3 is 2.32 bits per heavy atom. The van der Waals surface area contributed by atoms with Gasteiger partial charge in [0.1, 0.15) is 19.0 Å². The molecule has 0 aliphatic carbocycles. The van der Waals surface area contributed by atoms with E-state index in [1.54, 1.807) is 66.7 Å². The fourth-order valence-electron chi connectivity index (χ4n) is 4.43. The molecule has 0 bridgehead atoms. The zero-order valence-electron chi connectivity index (χ0n) is 20.2. The van der Waals surface area contributed by atoms with Gasteiger partial charge in [-0.3, -0.25) is 14.5 Å². The van der Waals surface area contributed by atoms with Crippen molar-refractivity contribution in [3.05, 3.63) is 95.1 Å². The summed E-state index contributed by atoms with van der Waals surface area (Å²) in [5.41, 5.74) is 1.68. The van der Waals surface area contributed by atoms with Crippen LogP contribution >= 0.6 is 0 Å². The van der Waals surface area contributed by atoms with Gasteiger partial charge in [-0.25, -0.2) is 4.79 Å². The number of anilines is 1. The number of rotatable bonds is 6. The molecule has 1 fully saturated rings. The molecule has 1 amide bonds. The predicted molar refractivity (Wildman–Crippen MR) is 136 cm³/mol. The first-order chi connectivity index (χ1) is 18.0. The second-order valence-corrected chi connectivity index (χ2v) is 8.62. The van der Waals surface area contributed by atoms with Crippen molar-refractivity contribution in [2.75, 3.05) is 24.7 Å². The van der Waals surface area contributed by atoms with Crippen LogP contribution in [0, 0.1) is 0 Å². The number of carbonyl (C=O) groups is 3. The molecule has 2 aliphatic heterocycles. The van der Waals surface area contributed by atoms with Gasteiger partial charge in [-0.2, -0.15) is 0 Å². The van der Waals surface area contributed by atoms with E-state index in [0.29, 0.717) is 60.1 Å². The number of benzene rings is 3. The number of hydrogen-bond donors (Lipinski definition) is 1. The van der Waals surface area contributed by atoms with Gasteiger partial charge in [0, 0.05) is 11.3 Å². The summed E-state index contributed by atoms with van der Waals surface area (Å²) in [6.45, 7) is 3.00. The van der Waals surface area contributed by atoms with Gasteiger partial charge in [0.05, 0.1) is 23.8 Å². The molecule has 0 aromatic heterocycles. The van der Waals surface area contributed by atoms with Crippen molar-refractivity contribution in [1.82, 2.24) is 0 Å². The lowest BCUT2D eigenvalue weighted by atomic mass is 9.95. The van der Waals surface area contributed by atoms with Crippen LogP contribution in [0.3, 0.4) is 0 Å². The molecule has 0 saturated carbocycles. The molecule has 0 radical (unpaired) electrons. The number of Topliss-reactive ketones (excluding diaryl/α,β-unsaturated/α-hetero) is 1. The summed E-state index contributed by atoms with van der Waals surface area (Å²) in [7, 11) is 0. The molecular weight excluding hydrogens is 474 g/mol. The number of amides is 1. The molecule has 5 rings (SSSR count). The number of hydrogen-bond acceptors (Lipinski definition) is 7. The van der Waals surface area contributed by atoms with Crippen LogP contribution in [-0.4, -0.2) is 42.6 Å². The maximum atomic E-state index is 13.3. The normalized spacial score (nSPS) is 18.1. The van der Waals surface area contributed by atoms with E-state index in [2.05, 4.69) is 0 Å². The lowest BCUT2D eigenvalue weighted by Gasteiger charge is -2.25. The van der Waals surface area contributed by atoms with Crippen molar-refractivity contribution < 1.29 is 33.7 Å². The minimum Gasteiger partial charge on any atom is -0.507 e. The van der Waals surface area contributed by atoms with Crippen LogP contribution in [0.1, 0.15) is 40.9 Å². The van der Waals surface area contributed by atoms with Crippen LogP contribution in [0.15, 0.2) is 78.4 Å². The summed E-state index contributed by atoms with van der Waals surface area (Å²) in [6.07, 6.45) is 0.703. The molecule has 0 spiro atoms. The fourth-order valence-corrected chi connectivity index (χ4v) is 4.43. The highest BCUT2D eigenvalue weighted by atomic mass is 16.6. The Morgan fingerprint density at radius 2 is 1.62 bits per heavy atom. The topological polar surface area (TPSA) is 102 Å². The molecule has 1 N–H and O–H groups in total. The molecule has 3 aromatic carbocycles. The standard InChI is InChI=1S/C29H25NO7/c1-2-14-37-29(34)19-8-11-21(12-9-19)30-25(18-6-4-3-5-7-18)24(27(32)28(30)33)26(31)20-10-13-22-23(17-20)36-16-15-35-22/h3-13,17,25,31H,2,14-16H2,1H3/b26-24-. The second kappa shape index (κ2) is 10.2. The van der Waals surface area contributed by atoms with Crippen molar-refractivity contribution in [3.63, 3.8) is 0 Å². The molecule has 1 saturated heterocycles. The lowest BCUT2D eigenvalue weighted by molar-refractivity contribution is -0.132. The summed E-state index contributed by atoms with van der Waals surface area (Å²) < 4.78 is 16.3. The van der Waals surface area contributed by atoms with Crippen LogP contribution in [0.2, 0.25) is 0 Å². The minimum atomic E-state index is -0.882. The first-order valence-corrected chi connectivity index (χ1v) is 12.0. The largest absolute Gasteiger partial charge is 0.507 e. The van der Waals surface area contributed by atoms with E-state index in [0.717, 1.165) is 0 Å². The van der Waals surface area contributed by atoms with Gasteiger partial charge in [0.2, 0.25) is 0 Å². The Balaban J connectivity index is 1.58. The molecule has 8 nitrogen and oxygen atoms in total. The van der Waals surface area contributed by atoms with Crippen molar-refractivity contribution in [1.29, 1.82) is 0 Å². The maximum absolute atomic E-state index is 13.3. The van der Waals surface area contributed by atoms with E-state index in [1.807, 2.05) is 13.0 Å². The highest BCUT2D eigenvalue weighted by Crippen LogP contribution is 2.43. The van der Waals surface area contributed by atoms with Gasteiger partial charge in [-0.05, 0) is 54.4 Å². The fraction of sp³-hybridized carbons (Fsp3) is 0.207. The van der Waals surface area contributed by atoms with E-state index in [9.17, 15) is 19.5 Å². The quantitative estimate of drug-likeness (QED) is 0.228. The molecule has 1 unspecified atom stereocenters. The smallest absolute Gasteiger partial charge is 0.338 e. The Bertz CT molecular complexity index is 1380. The molecule has 37 heavy (non-hydrogen) atoms. The zero-order valence-corrected chi connectivity index (χ0v) is 20.2. The third kappa shape index (κ3) is 4.53. The van der Waals surface area contributed by atoms with Crippen LogP contribution < -0.4 is 14.4 Å². The highest BCUT2D eigenvalue weighted by molar-refractivity contribution is 6.51. The highest BCUT2D eigenvalue weighted by Gasteiger charge is 2.47. The second-order valence-electron chi connectivity index (χ2n) is 8.62. The Labute approximate surface area is 213 Å². The summed E-state index contributed by atoms with van der Waals surface area (Å²) in [4.78, 5) is 40.2. The van der Waals surface area contributed by atoms with E-state index in [-0.39, 0.29) is 11.3 Å². The van der Waals surface area contributed by atoms with Gasteiger partial charge in [-0.15, -0.1) is 0 Å². The van der Waals surface area contributed by atoms with Crippen LogP contribution in [-0.2, 0) is 14.3 Å². The minimum absolute atomic E-state index is 0.0423. The number of nitrogens with zero attached hydrogens (tertiary/aromatic N) is 1. The van der Waals surface area contributed by atoms with Crippen molar-refractivity contribution in [3.8, 4) is 11.5 Å². The van der Waals surface area contributed by atoms with Crippen molar-refractivity contribution in [2.45, 2.75) is 19.4 Å². The number of aliphatic hydroxyl groups excluding tert-OH is 1. The van der Waals surface area contributed by atoms with E-state index in [1.165, 1.54) is 4.90 Å². The molecule has 3 aromatic rings. The lowest BCUT2D eigenvalue weighted by Crippen LogP contribution is -2.29. The SMILES string of the molecule is CCCOC(=O)c1ccc(N2C(=O)C(=O)/C(=C(\O)c3ccc4c(c3)OCCO4)C2c2ccccc2)cc1. The van der Waals surface area contributed by atoms with Crippen LogP contribution in [0.4, 0.5) is 5.69 Å². The molecule has 2 heterocycles. The first-order valence-electron chi connectivity index (χ1n) is 12.0. The van der Waals surface area contributed by atoms with Crippen molar-refractivity contribution in [2.24, 2.45) is 0 Å². The van der Waals surface area contributed by atoms with E-state index >= 15 is 0 Å². The van der Waals surface area contributed by atoms with Gasteiger partial charge in [0.25, 0.3) is 11.7 Å². The first kappa shape index (κ1) is 24.1. The van der Waals surface area contributed by atoms with E-state index < -0.39 is 23.7 Å². The third-order valence-corrected chi connectivity index (χ3v) is 6.19. The summed E-state index contributed by atoms with van der Waals surface area (Å²) in [6, 6.07) is 19.3. The van der Waals surface area contributed by atoms with Crippen molar-refractivity contribution >= 4 is 29.1 Å². The number of ether oxygens (including phenoxy) is 3. The van der Waals surface area contributed by atoms with Crippen LogP contribution in [0.25, 0.3) is 5.76 Å². The maximum Gasteiger partial charge on any atom is 0.338 e. The Kier molecular flexibility index (Phi) is 6.64. The summed E-state index contributed by atoms with van der Waals surface area (Å²) in [5, 5.41) is 11.3. The molecule has 1 atom stereocenters. The van der Waals surface area contributed by atoms with Gasteiger partial charge < -0.3 is 19.3 Å². The van der Waals surface area contributed by atoms with Gasteiger partial charge in [0.15, 0.2) is 11.5 Å². The number of ketones is 1. The Morgan fingerprint density at radius 1 is 0.946 bits per heavy atom. The number of fused-ring (bicyclic) bond motifs is 1. The zero-order chi connectivity index (χ0) is 25.9. The van der Waals surface area contributed by atoms with Crippen LogP contribution in [0.5, 0.6) is 11.5 Å². The van der Waals surface area contributed by atoms with Gasteiger partial charge in [-0.1, -0.05) is 37.3 Å². The number of aliphatic hydroxyl groups is 1. The summed E-state index contributed by atoms with van der Waals surface area (Å²) in [5.74, 6) is -1.38. The number of esters is 1. The van der Waals surface area contributed by atoms with Gasteiger partial charge >= 0.3 is 5.97 Å². The average Bonchev–Trinajstić information content (AvgIpc) is 3.21. The third-order valence-electron chi connectivity index (χ3n) is 6.19.